The zero-order chi connectivity index (χ0) is 14.2. The van der Waals surface area contributed by atoms with E-state index in [2.05, 4.69) is 46.4 Å². The quantitative estimate of drug-likeness (QED) is 0.851. The van der Waals surface area contributed by atoms with Crippen LogP contribution in [0.3, 0.4) is 0 Å². The van der Waals surface area contributed by atoms with Gasteiger partial charge in [0.25, 0.3) is 0 Å². The van der Waals surface area contributed by atoms with E-state index in [1.807, 2.05) is 0 Å². The Balaban J connectivity index is 1.77. The average molecular weight is 337 g/mol. The van der Waals surface area contributed by atoms with Crippen molar-refractivity contribution in [3.05, 3.63) is 28.2 Å². The summed E-state index contributed by atoms with van der Waals surface area (Å²) >= 11 is 3.59. The topological polar surface area (TPSA) is 38.0 Å². The van der Waals surface area contributed by atoms with Crippen LogP contribution in [-0.4, -0.2) is 12.1 Å². The first-order valence-corrected chi connectivity index (χ1v) is 8.65. The minimum absolute atomic E-state index is 0.110. The third-order valence-corrected chi connectivity index (χ3v) is 5.47. The van der Waals surface area contributed by atoms with Gasteiger partial charge in [0.1, 0.15) is 0 Å². The molecule has 2 aliphatic carbocycles. The van der Waals surface area contributed by atoms with Crippen LogP contribution in [0.4, 0.5) is 5.69 Å². The highest BCUT2D eigenvalue weighted by Gasteiger charge is 2.41. The Morgan fingerprint density at radius 3 is 2.70 bits per heavy atom. The monoisotopic (exact) mass is 336 g/mol. The number of nitrogens with one attached hydrogen (secondary N) is 1. The minimum atomic E-state index is 0.110. The molecule has 3 N–H and O–H groups in total. The van der Waals surface area contributed by atoms with E-state index in [9.17, 15) is 0 Å². The molecule has 0 spiro atoms. The van der Waals surface area contributed by atoms with Crippen molar-refractivity contribution in [3.63, 3.8) is 0 Å². The van der Waals surface area contributed by atoms with Crippen LogP contribution >= 0.6 is 15.9 Å². The highest BCUT2D eigenvalue weighted by atomic mass is 79.9. The summed E-state index contributed by atoms with van der Waals surface area (Å²) in [5, 5.41) is 3.78. The van der Waals surface area contributed by atoms with Crippen molar-refractivity contribution in [2.24, 2.45) is 17.6 Å². The van der Waals surface area contributed by atoms with Crippen molar-refractivity contribution >= 4 is 21.6 Å². The molecule has 1 aromatic rings. The van der Waals surface area contributed by atoms with Crippen LogP contribution in [0.2, 0.25) is 0 Å². The molecule has 0 aliphatic heterocycles. The first kappa shape index (κ1) is 14.4. The summed E-state index contributed by atoms with van der Waals surface area (Å²) in [5.41, 5.74) is 8.77. The minimum Gasteiger partial charge on any atom is -0.378 e. The average Bonchev–Trinajstić information content (AvgIpc) is 3.22. The first-order chi connectivity index (χ1) is 9.60. The van der Waals surface area contributed by atoms with Gasteiger partial charge in [0, 0.05) is 22.2 Å². The second-order valence-corrected chi connectivity index (χ2v) is 7.74. The maximum Gasteiger partial charge on any atom is 0.0498 e. The van der Waals surface area contributed by atoms with E-state index >= 15 is 0 Å². The van der Waals surface area contributed by atoms with Crippen LogP contribution in [0.5, 0.6) is 0 Å². The zero-order valence-electron chi connectivity index (χ0n) is 12.3. The predicted molar refractivity (Wildman–Crippen MR) is 89.0 cm³/mol. The number of hydrogen-bond acceptors (Lipinski definition) is 2. The molecule has 3 heteroatoms. The molecule has 2 atom stereocenters. The summed E-state index contributed by atoms with van der Waals surface area (Å²) < 4.78 is 1.14. The van der Waals surface area contributed by atoms with E-state index in [1.165, 1.54) is 49.8 Å². The van der Waals surface area contributed by atoms with Gasteiger partial charge < -0.3 is 11.1 Å². The Morgan fingerprint density at radius 1 is 1.25 bits per heavy atom. The normalized spacial score (nSPS) is 30.2. The Labute approximate surface area is 130 Å². The van der Waals surface area contributed by atoms with Gasteiger partial charge in [-0.15, -0.1) is 0 Å². The van der Waals surface area contributed by atoms with Crippen molar-refractivity contribution in [2.45, 2.75) is 51.0 Å². The van der Waals surface area contributed by atoms with Gasteiger partial charge in [-0.25, -0.2) is 0 Å². The lowest BCUT2D eigenvalue weighted by Gasteiger charge is -2.42. The number of rotatable bonds is 4. The molecule has 20 heavy (non-hydrogen) atoms. The van der Waals surface area contributed by atoms with Gasteiger partial charge in [0.05, 0.1) is 0 Å². The summed E-state index contributed by atoms with van der Waals surface area (Å²) in [6.45, 7) is 2.88. The predicted octanol–water partition coefficient (Wildman–Crippen LogP) is 4.47. The summed E-state index contributed by atoms with van der Waals surface area (Å²) in [4.78, 5) is 0. The lowest BCUT2D eigenvalue weighted by molar-refractivity contribution is 0.228. The van der Waals surface area contributed by atoms with Gasteiger partial charge >= 0.3 is 0 Å². The van der Waals surface area contributed by atoms with Gasteiger partial charge in [-0.1, -0.05) is 28.8 Å². The number of halogens is 1. The van der Waals surface area contributed by atoms with Crippen molar-refractivity contribution in [1.29, 1.82) is 0 Å². The molecular formula is C17H25BrN2. The fourth-order valence-electron chi connectivity index (χ4n) is 3.84. The molecule has 2 unspecified atom stereocenters. The van der Waals surface area contributed by atoms with Gasteiger partial charge in [-0.2, -0.15) is 0 Å². The number of aryl methyl sites for hydroxylation is 1. The second-order valence-electron chi connectivity index (χ2n) is 6.82. The zero-order valence-corrected chi connectivity index (χ0v) is 13.9. The van der Waals surface area contributed by atoms with Crippen molar-refractivity contribution in [3.8, 4) is 0 Å². The molecule has 2 aliphatic rings. The summed E-state index contributed by atoms with van der Waals surface area (Å²) in [5.74, 6) is 1.89. The molecule has 1 aromatic carbocycles. The summed E-state index contributed by atoms with van der Waals surface area (Å²) in [7, 11) is 0. The van der Waals surface area contributed by atoms with Crippen LogP contribution in [-0.2, 0) is 0 Å². The molecule has 0 saturated heterocycles. The molecule has 0 aromatic heterocycles. The van der Waals surface area contributed by atoms with E-state index in [0.717, 1.165) is 22.9 Å². The Bertz CT molecular complexity index is 464. The van der Waals surface area contributed by atoms with E-state index in [0.29, 0.717) is 0 Å². The third kappa shape index (κ3) is 3.20. The van der Waals surface area contributed by atoms with Crippen LogP contribution < -0.4 is 11.1 Å². The van der Waals surface area contributed by atoms with E-state index in [4.69, 9.17) is 5.73 Å². The number of hydrogen-bond donors (Lipinski definition) is 2. The number of anilines is 1. The molecular weight excluding hydrogens is 312 g/mol. The summed E-state index contributed by atoms with van der Waals surface area (Å²) in [6.07, 6.45) is 8.07. The smallest absolute Gasteiger partial charge is 0.0498 e. The van der Waals surface area contributed by atoms with Gasteiger partial charge in [0.15, 0.2) is 0 Å². The standard InChI is InChI=1S/C17H25BrN2/c1-12-7-15(18)9-16(8-12)20-17(11-19)6-2-3-14(10-17)13-4-5-13/h7-9,13-14,20H,2-6,10-11,19H2,1H3. The maximum atomic E-state index is 6.17. The Hall–Kier alpha value is -0.540. The van der Waals surface area contributed by atoms with Crippen LogP contribution in [0.15, 0.2) is 22.7 Å². The van der Waals surface area contributed by atoms with Gasteiger partial charge in [-0.05, 0) is 68.2 Å². The first-order valence-electron chi connectivity index (χ1n) is 7.86. The highest BCUT2D eigenvalue weighted by molar-refractivity contribution is 9.10. The van der Waals surface area contributed by atoms with Crippen LogP contribution in [0.25, 0.3) is 0 Å². The maximum absolute atomic E-state index is 6.17. The molecule has 2 nitrogen and oxygen atoms in total. The lowest BCUT2D eigenvalue weighted by atomic mass is 9.73. The molecule has 3 rings (SSSR count). The van der Waals surface area contributed by atoms with Crippen LogP contribution in [0.1, 0.15) is 44.1 Å². The summed E-state index contributed by atoms with van der Waals surface area (Å²) in [6, 6.07) is 6.54. The van der Waals surface area contributed by atoms with Crippen molar-refractivity contribution in [1.82, 2.24) is 0 Å². The van der Waals surface area contributed by atoms with Crippen molar-refractivity contribution in [2.75, 3.05) is 11.9 Å². The molecule has 110 valence electrons. The fraction of sp³-hybridized carbons (Fsp3) is 0.647. The second kappa shape index (κ2) is 5.69. The third-order valence-electron chi connectivity index (χ3n) is 5.01. The Morgan fingerprint density at radius 2 is 2.05 bits per heavy atom. The fourth-order valence-corrected chi connectivity index (χ4v) is 4.45. The van der Waals surface area contributed by atoms with E-state index < -0.39 is 0 Å². The molecule has 2 fully saturated rings. The van der Waals surface area contributed by atoms with Gasteiger partial charge in [-0.3, -0.25) is 0 Å². The Kier molecular flexibility index (Phi) is 4.09. The molecule has 2 saturated carbocycles. The molecule has 0 amide bonds. The number of benzene rings is 1. The van der Waals surface area contributed by atoms with Crippen LogP contribution in [0, 0.1) is 18.8 Å². The SMILES string of the molecule is Cc1cc(Br)cc(NC2(CN)CCCC(C3CC3)C2)c1. The van der Waals surface area contributed by atoms with E-state index in [1.54, 1.807) is 0 Å². The lowest BCUT2D eigenvalue weighted by Crippen LogP contribution is -2.49. The molecule has 0 radical (unpaired) electrons. The largest absolute Gasteiger partial charge is 0.378 e. The van der Waals surface area contributed by atoms with E-state index in [-0.39, 0.29) is 5.54 Å². The van der Waals surface area contributed by atoms with Crippen molar-refractivity contribution < 1.29 is 0 Å². The highest BCUT2D eigenvalue weighted by Crippen LogP contribution is 2.47. The number of nitrogens with two attached hydrogens (primary N) is 1. The van der Waals surface area contributed by atoms with Gasteiger partial charge in [0.2, 0.25) is 0 Å². The molecule has 0 heterocycles. The molecule has 0 bridgehead atoms.